The fourth-order valence-electron chi connectivity index (χ4n) is 14.5. The molecule has 0 aromatic carbocycles. The molecule has 8 aliphatic carbocycles. The molecule has 1 N–H and O–H groups in total. The fourth-order valence-corrected chi connectivity index (χ4v) is 14.5. The van der Waals surface area contributed by atoms with Crippen LogP contribution in [0, 0.1) is 55.7 Å². The zero-order valence-electron chi connectivity index (χ0n) is 30.6. The van der Waals surface area contributed by atoms with E-state index in [1.54, 1.807) is 0 Å². The Morgan fingerprint density at radius 2 is 1.38 bits per heavy atom. The van der Waals surface area contributed by atoms with Crippen molar-refractivity contribution in [2.75, 3.05) is 0 Å². The molecular formula is C40H63BO4. The maximum atomic E-state index is 14.7. The Balaban J connectivity index is 1.10. The number of aliphatic hydroxyl groups is 1. The number of carbonyl (C=O) groups is 1. The van der Waals surface area contributed by atoms with Gasteiger partial charge in [-0.3, -0.25) is 4.79 Å². The van der Waals surface area contributed by atoms with Crippen LogP contribution in [0.15, 0.2) is 11.6 Å². The van der Waals surface area contributed by atoms with Crippen LogP contribution in [0.1, 0.15) is 153 Å². The molecule has 45 heavy (non-hydrogen) atoms. The van der Waals surface area contributed by atoms with E-state index >= 15 is 0 Å². The van der Waals surface area contributed by atoms with E-state index in [1.165, 1.54) is 56.9 Å². The molecule has 9 aliphatic rings. The number of hydrogen-bond acceptors (Lipinski definition) is 4. The highest BCUT2D eigenvalue weighted by atomic mass is 16.7. The fraction of sp³-hybridized carbons (Fsp3) is 0.925. The van der Waals surface area contributed by atoms with Crippen LogP contribution in [0.25, 0.3) is 0 Å². The predicted octanol–water partition coefficient (Wildman–Crippen LogP) is 9.34. The van der Waals surface area contributed by atoms with Gasteiger partial charge in [0.2, 0.25) is 0 Å². The molecule has 5 heteroatoms. The lowest BCUT2D eigenvalue weighted by Gasteiger charge is -2.79. The van der Waals surface area contributed by atoms with Crippen LogP contribution in [0.5, 0.6) is 0 Å². The highest BCUT2D eigenvalue weighted by Crippen LogP contribution is 2.88. The van der Waals surface area contributed by atoms with Crippen molar-refractivity contribution < 1.29 is 19.2 Å². The lowest BCUT2D eigenvalue weighted by Crippen LogP contribution is -2.71. The summed E-state index contributed by atoms with van der Waals surface area (Å²) in [6.07, 6.45) is 16.1. The second-order valence-corrected chi connectivity index (χ2v) is 21.4. The minimum atomic E-state index is -0.267. The van der Waals surface area contributed by atoms with Gasteiger partial charge in [-0.25, -0.2) is 0 Å². The van der Waals surface area contributed by atoms with Crippen LogP contribution in [-0.4, -0.2) is 35.3 Å². The molecule has 8 fully saturated rings. The summed E-state index contributed by atoms with van der Waals surface area (Å²) in [6, 6.07) is 0. The Kier molecular flexibility index (Phi) is 6.01. The minimum absolute atomic E-state index is 0.0237. The van der Waals surface area contributed by atoms with Gasteiger partial charge in [-0.2, -0.15) is 0 Å². The Morgan fingerprint density at radius 1 is 0.778 bits per heavy atom. The average Bonchev–Trinajstić information content (AvgIpc) is 3.08. The van der Waals surface area contributed by atoms with E-state index in [2.05, 4.69) is 82.2 Å². The van der Waals surface area contributed by atoms with Crippen LogP contribution in [-0.2, 0) is 14.1 Å². The van der Waals surface area contributed by atoms with Gasteiger partial charge < -0.3 is 14.4 Å². The number of rotatable bonds is 2. The Bertz CT molecular complexity index is 1340. The van der Waals surface area contributed by atoms with E-state index in [0.717, 1.165) is 25.7 Å². The molecule has 1 unspecified atom stereocenters. The largest absolute Gasteiger partial charge is 0.464 e. The highest BCUT2D eigenvalue weighted by molar-refractivity contribution is 6.51. The highest BCUT2D eigenvalue weighted by Gasteiger charge is 2.81. The number of fused-ring (bicyclic) bond motifs is 7. The number of aliphatic hydroxyl groups excluding tert-OH is 1. The van der Waals surface area contributed by atoms with Crippen LogP contribution in [0.2, 0.25) is 5.31 Å². The molecule has 1 aliphatic heterocycles. The quantitative estimate of drug-likeness (QED) is 0.314. The molecule has 1 saturated heterocycles. The molecule has 1 heterocycles. The van der Waals surface area contributed by atoms with E-state index in [-0.39, 0.29) is 57.3 Å². The second kappa shape index (κ2) is 8.55. The smallest absolute Gasteiger partial charge is 0.403 e. The molecule has 250 valence electrons. The van der Waals surface area contributed by atoms with Crippen molar-refractivity contribution in [3.8, 4) is 0 Å². The molecule has 0 aromatic rings. The van der Waals surface area contributed by atoms with Crippen LogP contribution in [0.3, 0.4) is 0 Å². The monoisotopic (exact) mass is 618 g/mol. The summed E-state index contributed by atoms with van der Waals surface area (Å²) in [4.78, 5) is 14.7. The Hall–Kier alpha value is -0.645. The normalized spacial score (nSPS) is 56.9. The first-order valence-corrected chi connectivity index (χ1v) is 18.8. The Morgan fingerprint density at radius 3 is 2.00 bits per heavy atom. The number of allylic oxidation sites excluding steroid dienone is 2. The van der Waals surface area contributed by atoms with Gasteiger partial charge in [-0.15, -0.1) is 0 Å². The van der Waals surface area contributed by atoms with Crippen molar-refractivity contribution in [1.29, 1.82) is 0 Å². The third kappa shape index (κ3) is 3.51. The predicted molar refractivity (Wildman–Crippen MR) is 180 cm³/mol. The lowest BCUT2D eigenvalue weighted by atomic mass is 9.19. The molecule has 9 rings (SSSR count). The van der Waals surface area contributed by atoms with Gasteiger partial charge in [0.15, 0.2) is 5.78 Å². The number of ketones is 1. The zero-order valence-corrected chi connectivity index (χ0v) is 30.6. The van der Waals surface area contributed by atoms with Crippen molar-refractivity contribution in [3.63, 3.8) is 0 Å². The third-order valence-electron chi connectivity index (χ3n) is 18.7. The SMILES string of the molecule is CC1(C)[C@@H](O)CC[C@]2(C)[C@H]3C(=O)C=C4[C@@H]5CC(C)(C67CC(B8OC(C)(C)C(C)(C)O8)(C6)C7)CC[C@]5(C)CC[C@@]4(C)[C@]3(C)CC[C@@H]12. The van der Waals surface area contributed by atoms with E-state index in [0.29, 0.717) is 33.9 Å². The van der Waals surface area contributed by atoms with Gasteiger partial charge in [0, 0.05) is 11.2 Å². The number of carbonyl (C=O) groups excluding carboxylic acids is 1. The van der Waals surface area contributed by atoms with Gasteiger partial charge in [0.05, 0.1) is 17.3 Å². The topological polar surface area (TPSA) is 55.8 Å². The summed E-state index contributed by atoms with van der Waals surface area (Å²) in [5.74, 6) is 1.36. The van der Waals surface area contributed by atoms with Gasteiger partial charge in [0.25, 0.3) is 0 Å². The third-order valence-corrected chi connectivity index (χ3v) is 18.7. The van der Waals surface area contributed by atoms with Crippen molar-refractivity contribution >= 4 is 12.9 Å². The summed E-state index contributed by atoms with van der Waals surface area (Å²) < 4.78 is 13.2. The van der Waals surface area contributed by atoms with Crippen LogP contribution < -0.4 is 0 Å². The van der Waals surface area contributed by atoms with Crippen LogP contribution in [0.4, 0.5) is 0 Å². The zero-order chi connectivity index (χ0) is 32.6. The first kappa shape index (κ1) is 31.6. The molecule has 2 bridgehead atoms. The lowest BCUT2D eigenvalue weighted by molar-refractivity contribution is -0.227. The summed E-state index contributed by atoms with van der Waals surface area (Å²) in [6.45, 7) is 26.1. The summed E-state index contributed by atoms with van der Waals surface area (Å²) in [5, 5.41) is 11.3. The molecular weight excluding hydrogens is 555 g/mol. The maximum absolute atomic E-state index is 14.7. The molecule has 9 atom stereocenters. The van der Waals surface area contributed by atoms with Crippen LogP contribution >= 0.6 is 0 Å². The summed E-state index contributed by atoms with van der Waals surface area (Å²) in [7, 11) is -0.0715. The second-order valence-electron chi connectivity index (χ2n) is 21.4. The van der Waals surface area contributed by atoms with E-state index < -0.39 is 0 Å². The van der Waals surface area contributed by atoms with Crippen molar-refractivity contribution in [1.82, 2.24) is 0 Å². The molecule has 0 spiro atoms. The maximum Gasteiger partial charge on any atom is 0.464 e. The van der Waals surface area contributed by atoms with Gasteiger partial charge in [-0.1, -0.05) is 54.0 Å². The molecule has 4 nitrogen and oxygen atoms in total. The Labute approximate surface area is 274 Å². The molecule has 0 radical (unpaired) electrons. The first-order chi connectivity index (χ1) is 20.5. The first-order valence-electron chi connectivity index (χ1n) is 18.8. The van der Waals surface area contributed by atoms with Gasteiger partial charge in [-0.05, 0) is 161 Å². The minimum Gasteiger partial charge on any atom is -0.403 e. The summed E-state index contributed by atoms with van der Waals surface area (Å²) in [5.41, 5.74) is 1.85. The molecule has 0 aromatic heterocycles. The molecule has 7 saturated carbocycles. The van der Waals surface area contributed by atoms with Crippen molar-refractivity contribution in [3.05, 3.63) is 11.6 Å². The van der Waals surface area contributed by atoms with E-state index in [9.17, 15) is 9.90 Å². The summed E-state index contributed by atoms with van der Waals surface area (Å²) >= 11 is 0. The van der Waals surface area contributed by atoms with E-state index in [1.807, 2.05) is 0 Å². The average molecular weight is 619 g/mol. The van der Waals surface area contributed by atoms with Crippen molar-refractivity contribution in [2.45, 2.75) is 176 Å². The van der Waals surface area contributed by atoms with E-state index in [4.69, 9.17) is 9.31 Å². The van der Waals surface area contributed by atoms with Gasteiger partial charge in [0.1, 0.15) is 0 Å². The molecule has 0 amide bonds. The van der Waals surface area contributed by atoms with Gasteiger partial charge >= 0.3 is 7.12 Å². The standard InChI is InChI=1S/C40H63BO4/c1-31(2)28-12-15-38(11)30(36(28,9)14-13-29(31)43)27(42)20-25-26-21-35(8,18-16-34(26,7)17-19-37(25,38)10)39-22-40(23-39,24-39)41-44-32(3,4)33(5,6)45-41/h20,26,28-30,43H,12-19,21-24H2,1-11H3/t26-,28-,29-,30+,34+,35?,36-,37+,38+,39?,40?/m0/s1. The number of hydrogen-bond donors (Lipinski definition) is 1. The van der Waals surface area contributed by atoms with Crippen molar-refractivity contribution in [2.24, 2.45) is 55.7 Å².